The summed E-state index contributed by atoms with van der Waals surface area (Å²) >= 11 is 0. The highest BCUT2D eigenvalue weighted by Gasteiger charge is 2.54. The maximum absolute atomic E-state index is 13.1. The molecule has 2 aromatic rings. The number of nitrogens with two attached hydrogens (primary N) is 1. The molecular formula is C23H28F2N4O6S. The summed E-state index contributed by atoms with van der Waals surface area (Å²) < 4.78 is 57.3. The molecule has 36 heavy (non-hydrogen) atoms. The number of benzene rings is 1. The first kappa shape index (κ1) is 27.4. The average Bonchev–Trinajstić information content (AvgIpc) is 2.75. The van der Waals surface area contributed by atoms with Crippen LogP contribution < -0.4 is 16.0 Å². The van der Waals surface area contributed by atoms with E-state index in [1.807, 2.05) is 13.8 Å². The number of alkyl halides is 2. The van der Waals surface area contributed by atoms with Gasteiger partial charge in [0.05, 0.1) is 5.75 Å². The highest BCUT2D eigenvalue weighted by Crippen LogP contribution is 2.44. The van der Waals surface area contributed by atoms with E-state index in [-0.39, 0.29) is 24.9 Å². The summed E-state index contributed by atoms with van der Waals surface area (Å²) in [5, 5.41) is 8.61. The van der Waals surface area contributed by atoms with Crippen molar-refractivity contribution in [2.45, 2.75) is 45.1 Å². The van der Waals surface area contributed by atoms with Gasteiger partial charge in [0, 0.05) is 30.8 Å². The van der Waals surface area contributed by atoms with Gasteiger partial charge in [0.2, 0.25) is 27.7 Å². The Hall–Kier alpha value is -3.16. The molecule has 0 atom stereocenters. The second kappa shape index (κ2) is 10.4. The monoisotopic (exact) mass is 526 g/mol. The van der Waals surface area contributed by atoms with Crippen LogP contribution >= 0.6 is 0 Å². The molecule has 1 saturated heterocycles. The number of halogens is 2. The number of hydrogen-bond donors (Lipinski definition) is 3. The number of hydroxylamine groups is 1. The van der Waals surface area contributed by atoms with E-state index in [1.54, 1.807) is 37.3 Å². The van der Waals surface area contributed by atoms with Crippen molar-refractivity contribution in [2.24, 2.45) is 5.73 Å². The fourth-order valence-corrected chi connectivity index (χ4v) is 5.91. The van der Waals surface area contributed by atoms with Crippen molar-refractivity contribution in [3.8, 4) is 17.0 Å². The third kappa shape index (κ3) is 5.32. The Kier molecular flexibility index (Phi) is 7.96. The maximum atomic E-state index is 13.1. The summed E-state index contributed by atoms with van der Waals surface area (Å²) in [5.74, 6) is -2.64. The number of sulfonamides is 1. The summed E-state index contributed by atoms with van der Waals surface area (Å²) in [6.45, 7) is 1.75. The Labute approximate surface area is 207 Å². The maximum Gasteiger partial charge on any atom is 0.388 e. The molecular weight excluding hydrogens is 498 g/mol. The number of rotatable bonds is 10. The van der Waals surface area contributed by atoms with E-state index in [0.29, 0.717) is 27.9 Å². The Balaban J connectivity index is 2.08. The molecule has 1 aliphatic heterocycles. The fourth-order valence-electron chi connectivity index (χ4n) is 4.37. The number of aryl methyl sites for hydroxylation is 1. The quantitative estimate of drug-likeness (QED) is 0.316. The van der Waals surface area contributed by atoms with Gasteiger partial charge in [-0.25, -0.2) is 18.9 Å². The van der Waals surface area contributed by atoms with Crippen LogP contribution in [-0.4, -0.2) is 60.2 Å². The van der Waals surface area contributed by atoms with Gasteiger partial charge in [-0.3, -0.25) is 14.8 Å². The minimum absolute atomic E-state index is 0.216. The molecule has 196 valence electrons. The second-order valence-corrected chi connectivity index (χ2v) is 11.0. The van der Waals surface area contributed by atoms with Crippen molar-refractivity contribution < 1.29 is 36.7 Å². The van der Waals surface area contributed by atoms with E-state index >= 15 is 0 Å². The predicted molar refractivity (Wildman–Crippen MR) is 126 cm³/mol. The van der Waals surface area contributed by atoms with Crippen LogP contribution in [0.3, 0.4) is 0 Å². The number of primary amides is 1. The number of nitrogens with one attached hydrogen (secondary N) is 1. The van der Waals surface area contributed by atoms with Crippen LogP contribution in [0.15, 0.2) is 30.3 Å². The lowest BCUT2D eigenvalue weighted by Gasteiger charge is -2.48. The normalized spacial score (nSPS) is 15.6. The van der Waals surface area contributed by atoms with Gasteiger partial charge in [-0.15, -0.1) is 0 Å². The lowest BCUT2D eigenvalue weighted by atomic mass is 9.70. The number of amides is 2. The lowest BCUT2D eigenvalue weighted by Crippen LogP contribution is -2.67. The van der Waals surface area contributed by atoms with Crippen LogP contribution in [0.5, 0.6) is 5.88 Å². The Morgan fingerprint density at radius 2 is 1.89 bits per heavy atom. The van der Waals surface area contributed by atoms with Crippen molar-refractivity contribution in [3.63, 3.8) is 0 Å². The third-order valence-corrected chi connectivity index (χ3v) is 7.92. The number of hydrogen-bond acceptors (Lipinski definition) is 7. The smallest absolute Gasteiger partial charge is 0.388 e. The SMILES string of the molecule is Cc1ccc(-c2cccc(C3(C(N)=O)CN(S(=O)(=O)CCC(=O)NO)C3)c2C(C)C)c(OC(F)F)n1. The van der Waals surface area contributed by atoms with Gasteiger partial charge in [-0.1, -0.05) is 32.0 Å². The minimum Gasteiger partial charge on any atom is -0.416 e. The van der Waals surface area contributed by atoms with Crippen molar-refractivity contribution in [2.75, 3.05) is 18.8 Å². The number of pyridine rings is 1. The van der Waals surface area contributed by atoms with Gasteiger partial charge in [-0.05, 0) is 41.7 Å². The average molecular weight is 527 g/mol. The van der Waals surface area contributed by atoms with Crippen LogP contribution in [0.25, 0.3) is 11.1 Å². The Morgan fingerprint density at radius 1 is 1.22 bits per heavy atom. The van der Waals surface area contributed by atoms with Crippen molar-refractivity contribution in [1.82, 2.24) is 14.8 Å². The standard InChI is InChI=1S/C23H28F2N4O6S/c1-13(2)19-15(16-8-7-14(3)27-20(16)35-22(24)25)5-4-6-17(19)23(21(26)31)11-29(12-23)36(33,34)10-9-18(30)28-32/h4-8,13,22,32H,9-12H2,1-3H3,(H2,26,31)(H,28,30). The molecule has 2 heterocycles. The highest BCUT2D eigenvalue weighted by molar-refractivity contribution is 7.89. The number of ether oxygens (including phenoxy) is 1. The van der Waals surface area contributed by atoms with Gasteiger partial charge in [0.1, 0.15) is 5.41 Å². The van der Waals surface area contributed by atoms with Crippen LogP contribution in [-0.2, 0) is 25.0 Å². The molecule has 10 nitrogen and oxygen atoms in total. The Morgan fingerprint density at radius 3 is 2.44 bits per heavy atom. The zero-order valence-electron chi connectivity index (χ0n) is 20.0. The van der Waals surface area contributed by atoms with Crippen molar-refractivity contribution in [3.05, 3.63) is 47.2 Å². The molecule has 0 unspecified atom stereocenters. The van der Waals surface area contributed by atoms with Gasteiger partial charge >= 0.3 is 6.61 Å². The first-order valence-electron chi connectivity index (χ1n) is 11.1. The molecule has 3 rings (SSSR count). The third-order valence-electron chi connectivity index (χ3n) is 6.16. The predicted octanol–water partition coefficient (Wildman–Crippen LogP) is 2.05. The molecule has 1 fully saturated rings. The fraction of sp³-hybridized carbons (Fsp3) is 0.435. The van der Waals surface area contributed by atoms with Crippen LogP contribution in [0.1, 0.15) is 43.0 Å². The summed E-state index contributed by atoms with van der Waals surface area (Å²) in [6.07, 6.45) is -0.459. The molecule has 1 aromatic carbocycles. The summed E-state index contributed by atoms with van der Waals surface area (Å²) in [6, 6.07) is 8.25. The van der Waals surface area contributed by atoms with E-state index in [4.69, 9.17) is 10.9 Å². The molecule has 0 bridgehead atoms. The largest absolute Gasteiger partial charge is 0.416 e. The van der Waals surface area contributed by atoms with E-state index in [0.717, 1.165) is 4.31 Å². The molecule has 1 aliphatic rings. The number of carbonyl (C=O) groups excluding carboxylic acids is 2. The first-order chi connectivity index (χ1) is 16.8. The summed E-state index contributed by atoms with van der Waals surface area (Å²) in [5.41, 5.74) is 8.17. The number of nitrogens with zero attached hydrogens (tertiary/aromatic N) is 2. The summed E-state index contributed by atoms with van der Waals surface area (Å²) in [7, 11) is -3.92. The van der Waals surface area contributed by atoms with E-state index in [9.17, 15) is 26.8 Å². The number of carbonyl (C=O) groups is 2. The van der Waals surface area contributed by atoms with Crippen LogP contribution in [0, 0.1) is 6.92 Å². The lowest BCUT2D eigenvalue weighted by molar-refractivity contribution is -0.129. The first-order valence-corrected chi connectivity index (χ1v) is 12.7. The van der Waals surface area contributed by atoms with Gasteiger partial charge in [0.25, 0.3) is 0 Å². The molecule has 4 N–H and O–H groups in total. The van der Waals surface area contributed by atoms with Crippen molar-refractivity contribution in [1.29, 1.82) is 0 Å². The van der Waals surface area contributed by atoms with Crippen molar-refractivity contribution >= 4 is 21.8 Å². The topological polar surface area (TPSA) is 152 Å². The van der Waals surface area contributed by atoms with E-state index in [2.05, 4.69) is 9.72 Å². The van der Waals surface area contributed by atoms with Gasteiger partial charge in [-0.2, -0.15) is 13.1 Å². The van der Waals surface area contributed by atoms with E-state index in [1.165, 1.54) is 5.48 Å². The summed E-state index contributed by atoms with van der Waals surface area (Å²) in [4.78, 5) is 28.1. The highest BCUT2D eigenvalue weighted by atomic mass is 32.2. The molecule has 1 aromatic heterocycles. The molecule has 13 heteroatoms. The Bertz CT molecular complexity index is 1260. The van der Waals surface area contributed by atoms with Crippen LogP contribution in [0.4, 0.5) is 8.78 Å². The molecule has 2 amide bonds. The molecule has 0 aliphatic carbocycles. The zero-order valence-corrected chi connectivity index (χ0v) is 20.8. The van der Waals surface area contributed by atoms with Crippen LogP contribution in [0.2, 0.25) is 0 Å². The van der Waals surface area contributed by atoms with E-state index < -0.39 is 46.0 Å². The molecule has 0 radical (unpaired) electrons. The molecule has 0 saturated carbocycles. The second-order valence-electron chi connectivity index (χ2n) is 8.92. The zero-order chi connectivity index (χ0) is 26.8. The molecule has 0 spiro atoms. The van der Waals surface area contributed by atoms with Gasteiger partial charge in [0.15, 0.2) is 0 Å². The number of aromatic nitrogens is 1. The van der Waals surface area contributed by atoms with Gasteiger partial charge < -0.3 is 10.5 Å². The minimum atomic E-state index is -3.92.